The zero-order chi connectivity index (χ0) is 14.8. The highest BCUT2D eigenvalue weighted by atomic mass is 35.5. The Morgan fingerprint density at radius 1 is 1.19 bits per heavy atom. The Morgan fingerprint density at radius 3 is 2.71 bits per heavy atom. The number of nitrogen functional groups attached to an aromatic ring is 1. The van der Waals surface area contributed by atoms with Crippen molar-refractivity contribution in [2.24, 2.45) is 0 Å². The van der Waals surface area contributed by atoms with Gasteiger partial charge in [-0.25, -0.2) is 0 Å². The Hall–Kier alpha value is -2.00. The summed E-state index contributed by atoms with van der Waals surface area (Å²) in [4.78, 5) is 14.3. The number of nitrogens with zero attached hydrogens (tertiary/aromatic N) is 1. The molecule has 3 nitrogen and oxygen atoms in total. The Balaban J connectivity index is 1.72. The van der Waals surface area contributed by atoms with E-state index >= 15 is 0 Å². The monoisotopic (exact) mass is 300 g/mol. The second-order valence-electron chi connectivity index (χ2n) is 5.35. The molecule has 1 amide bonds. The van der Waals surface area contributed by atoms with Gasteiger partial charge in [0, 0.05) is 23.8 Å². The van der Waals surface area contributed by atoms with Gasteiger partial charge in [-0.1, -0.05) is 35.9 Å². The second kappa shape index (κ2) is 5.78. The van der Waals surface area contributed by atoms with Crippen molar-refractivity contribution in [2.45, 2.75) is 19.4 Å². The van der Waals surface area contributed by atoms with Crippen LogP contribution in [0.2, 0.25) is 5.02 Å². The number of nitrogens with two attached hydrogens (primary N) is 1. The number of anilines is 1. The van der Waals surface area contributed by atoms with Crippen molar-refractivity contribution < 1.29 is 4.79 Å². The van der Waals surface area contributed by atoms with Gasteiger partial charge in [0.05, 0.1) is 6.42 Å². The molecule has 2 N–H and O–H groups in total. The van der Waals surface area contributed by atoms with Crippen molar-refractivity contribution in [3.63, 3.8) is 0 Å². The summed E-state index contributed by atoms with van der Waals surface area (Å²) in [5, 5.41) is 0.686. The zero-order valence-electron chi connectivity index (χ0n) is 11.7. The molecule has 0 atom stereocenters. The standard InChI is InChI=1S/C17H17ClN2O/c18-14-6-4-12(5-7-14)10-17(21)20-9-8-13-2-1-3-16(19)15(13)11-20/h1-7H,8-11,19H2. The molecule has 108 valence electrons. The molecule has 0 aromatic heterocycles. The van der Waals surface area contributed by atoms with Crippen LogP contribution in [0.4, 0.5) is 5.69 Å². The molecular formula is C17H17ClN2O. The van der Waals surface area contributed by atoms with Gasteiger partial charge in [0.1, 0.15) is 0 Å². The molecule has 4 heteroatoms. The fourth-order valence-corrected chi connectivity index (χ4v) is 2.83. The molecule has 0 saturated heterocycles. The van der Waals surface area contributed by atoms with E-state index in [9.17, 15) is 4.79 Å². The average molecular weight is 301 g/mol. The summed E-state index contributed by atoms with van der Waals surface area (Å²) in [6, 6.07) is 13.4. The summed E-state index contributed by atoms with van der Waals surface area (Å²) in [7, 11) is 0. The van der Waals surface area contributed by atoms with Crippen LogP contribution in [0.25, 0.3) is 0 Å². The number of carbonyl (C=O) groups is 1. The molecule has 0 spiro atoms. The maximum absolute atomic E-state index is 12.4. The van der Waals surface area contributed by atoms with E-state index < -0.39 is 0 Å². The van der Waals surface area contributed by atoms with Crippen LogP contribution in [0, 0.1) is 0 Å². The third-order valence-corrected chi connectivity index (χ3v) is 4.18. The summed E-state index contributed by atoms with van der Waals surface area (Å²) in [5.74, 6) is 0.131. The van der Waals surface area contributed by atoms with E-state index in [1.165, 1.54) is 5.56 Å². The molecule has 0 saturated carbocycles. The topological polar surface area (TPSA) is 46.3 Å². The van der Waals surface area contributed by atoms with E-state index in [-0.39, 0.29) is 5.91 Å². The van der Waals surface area contributed by atoms with Gasteiger partial charge < -0.3 is 10.6 Å². The lowest BCUT2D eigenvalue weighted by Crippen LogP contribution is -2.37. The minimum atomic E-state index is 0.131. The van der Waals surface area contributed by atoms with Crippen LogP contribution in [-0.2, 0) is 24.2 Å². The van der Waals surface area contributed by atoms with E-state index in [0.717, 1.165) is 29.8 Å². The lowest BCUT2D eigenvalue weighted by molar-refractivity contribution is -0.131. The Morgan fingerprint density at radius 2 is 1.95 bits per heavy atom. The zero-order valence-corrected chi connectivity index (χ0v) is 12.4. The Kier molecular flexibility index (Phi) is 3.84. The number of carbonyl (C=O) groups excluding carboxylic acids is 1. The number of hydrogen-bond donors (Lipinski definition) is 1. The van der Waals surface area contributed by atoms with E-state index in [2.05, 4.69) is 6.07 Å². The second-order valence-corrected chi connectivity index (χ2v) is 5.79. The van der Waals surface area contributed by atoms with E-state index in [1.54, 1.807) is 0 Å². The third kappa shape index (κ3) is 3.03. The van der Waals surface area contributed by atoms with Crippen LogP contribution in [0.5, 0.6) is 0 Å². The van der Waals surface area contributed by atoms with Crippen molar-refractivity contribution in [1.29, 1.82) is 0 Å². The number of benzene rings is 2. The number of halogens is 1. The molecule has 0 fully saturated rings. The van der Waals surface area contributed by atoms with Gasteiger partial charge in [0.2, 0.25) is 5.91 Å². The molecular weight excluding hydrogens is 284 g/mol. The highest BCUT2D eigenvalue weighted by molar-refractivity contribution is 6.30. The van der Waals surface area contributed by atoms with E-state index in [1.807, 2.05) is 41.3 Å². The predicted octanol–water partition coefficient (Wildman–Crippen LogP) is 3.05. The smallest absolute Gasteiger partial charge is 0.227 e. The fraction of sp³-hybridized carbons (Fsp3) is 0.235. The molecule has 1 aliphatic heterocycles. The number of rotatable bonds is 2. The van der Waals surface area contributed by atoms with Crippen LogP contribution >= 0.6 is 11.6 Å². The minimum absolute atomic E-state index is 0.131. The number of hydrogen-bond acceptors (Lipinski definition) is 2. The maximum atomic E-state index is 12.4. The summed E-state index contributed by atoms with van der Waals surface area (Å²) in [6.45, 7) is 1.36. The predicted molar refractivity (Wildman–Crippen MR) is 85.1 cm³/mol. The van der Waals surface area contributed by atoms with Crippen molar-refractivity contribution >= 4 is 23.2 Å². The number of fused-ring (bicyclic) bond motifs is 1. The average Bonchev–Trinajstić information content (AvgIpc) is 2.50. The van der Waals surface area contributed by atoms with Gasteiger partial charge in [0.15, 0.2) is 0 Å². The molecule has 0 aliphatic carbocycles. The summed E-state index contributed by atoms with van der Waals surface area (Å²) in [5.41, 5.74) is 10.1. The molecule has 0 radical (unpaired) electrons. The fourth-order valence-electron chi connectivity index (χ4n) is 2.71. The van der Waals surface area contributed by atoms with Gasteiger partial charge in [-0.3, -0.25) is 4.79 Å². The van der Waals surface area contributed by atoms with Crippen LogP contribution in [-0.4, -0.2) is 17.4 Å². The van der Waals surface area contributed by atoms with Crippen molar-refractivity contribution in [3.05, 3.63) is 64.2 Å². The first kappa shape index (κ1) is 14.0. The van der Waals surface area contributed by atoms with Gasteiger partial charge in [-0.15, -0.1) is 0 Å². The van der Waals surface area contributed by atoms with Crippen molar-refractivity contribution in [2.75, 3.05) is 12.3 Å². The van der Waals surface area contributed by atoms with Crippen molar-refractivity contribution in [3.8, 4) is 0 Å². The summed E-state index contributed by atoms with van der Waals surface area (Å²) < 4.78 is 0. The first-order chi connectivity index (χ1) is 10.1. The van der Waals surface area contributed by atoms with Crippen molar-refractivity contribution in [1.82, 2.24) is 4.90 Å². The lowest BCUT2D eigenvalue weighted by Gasteiger charge is -2.29. The molecule has 0 bridgehead atoms. The molecule has 2 aromatic rings. The largest absolute Gasteiger partial charge is 0.398 e. The van der Waals surface area contributed by atoms with Gasteiger partial charge in [0.25, 0.3) is 0 Å². The van der Waals surface area contributed by atoms with E-state index in [0.29, 0.717) is 18.0 Å². The molecule has 1 aliphatic rings. The lowest BCUT2D eigenvalue weighted by atomic mass is 9.97. The van der Waals surface area contributed by atoms with Crippen LogP contribution < -0.4 is 5.73 Å². The van der Waals surface area contributed by atoms with Gasteiger partial charge >= 0.3 is 0 Å². The van der Waals surface area contributed by atoms with E-state index in [4.69, 9.17) is 17.3 Å². The highest BCUT2D eigenvalue weighted by Crippen LogP contribution is 2.24. The van der Waals surface area contributed by atoms with Crippen LogP contribution in [0.1, 0.15) is 16.7 Å². The Bertz CT molecular complexity index is 667. The van der Waals surface area contributed by atoms with Gasteiger partial charge in [-0.05, 0) is 41.3 Å². The quantitative estimate of drug-likeness (QED) is 0.867. The molecule has 2 aromatic carbocycles. The first-order valence-electron chi connectivity index (χ1n) is 7.02. The molecule has 3 rings (SSSR count). The van der Waals surface area contributed by atoms with Crippen LogP contribution in [0.3, 0.4) is 0 Å². The summed E-state index contributed by atoms with van der Waals surface area (Å²) in [6.07, 6.45) is 1.27. The Labute approximate surface area is 129 Å². The summed E-state index contributed by atoms with van der Waals surface area (Å²) >= 11 is 5.86. The normalized spacial score (nSPS) is 13.9. The first-order valence-corrected chi connectivity index (χ1v) is 7.40. The molecule has 0 unspecified atom stereocenters. The SMILES string of the molecule is Nc1cccc2c1CN(C(=O)Cc1ccc(Cl)cc1)CC2. The third-order valence-electron chi connectivity index (χ3n) is 3.93. The minimum Gasteiger partial charge on any atom is -0.398 e. The van der Waals surface area contributed by atoms with Crippen LogP contribution in [0.15, 0.2) is 42.5 Å². The van der Waals surface area contributed by atoms with Gasteiger partial charge in [-0.2, -0.15) is 0 Å². The molecule has 1 heterocycles. The maximum Gasteiger partial charge on any atom is 0.227 e. The highest BCUT2D eigenvalue weighted by Gasteiger charge is 2.21. The number of amides is 1. The molecule has 21 heavy (non-hydrogen) atoms.